The van der Waals surface area contributed by atoms with Crippen LogP contribution in [0.25, 0.3) is 0 Å². The van der Waals surface area contributed by atoms with Gasteiger partial charge in [-0.05, 0) is 43.8 Å². The fourth-order valence-electron chi connectivity index (χ4n) is 2.62. The third kappa shape index (κ3) is 4.91. The van der Waals surface area contributed by atoms with Crippen molar-refractivity contribution in [3.05, 3.63) is 65.7 Å². The number of rotatable bonds is 7. The van der Waals surface area contributed by atoms with Crippen LogP contribution in [0, 0.1) is 0 Å². The maximum atomic E-state index is 3.69. The number of nitrogens with one attached hydrogen (secondary N) is 1. The number of benzene rings is 2. The van der Waals surface area contributed by atoms with E-state index in [0.717, 1.165) is 13.0 Å². The van der Waals surface area contributed by atoms with E-state index >= 15 is 0 Å². The molecule has 0 aromatic heterocycles. The molecule has 1 atom stereocenters. The molecule has 2 heteroatoms. The van der Waals surface area contributed by atoms with Gasteiger partial charge in [0.25, 0.3) is 0 Å². The summed E-state index contributed by atoms with van der Waals surface area (Å²) in [4.78, 5) is 2.19. The zero-order valence-corrected chi connectivity index (χ0v) is 13.3. The minimum Gasteiger partial charge on any atom is -0.378 e. The van der Waals surface area contributed by atoms with Gasteiger partial charge in [-0.3, -0.25) is 0 Å². The van der Waals surface area contributed by atoms with Gasteiger partial charge in [-0.1, -0.05) is 55.8 Å². The predicted molar refractivity (Wildman–Crippen MR) is 91.5 cm³/mol. The molecule has 2 nitrogen and oxygen atoms in total. The summed E-state index contributed by atoms with van der Waals surface area (Å²) in [6, 6.07) is 19.8. The van der Waals surface area contributed by atoms with Crippen molar-refractivity contribution in [1.82, 2.24) is 4.90 Å². The molecule has 2 rings (SSSR count). The average Bonchev–Trinajstić information content (AvgIpc) is 2.47. The molecule has 1 unspecified atom stereocenters. The van der Waals surface area contributed by atoms with E-state index in [2.05, 4.69) is 85.8 Å². The first-order valence-electron chi connectivity index (χ1n) is 7.74. The van der Waals surface area contributed by atoms with Gasteiger partial charge in [-0.15, -0.1) is 0 Å². The van der Waals surface area contributed by atoms with Gasteiger partial charge in [0.05, 0.1) is 6.04 Å². The smallest absolute Gasteiger partial charge is 0.0513 e. The molecule has 0 aliphatic carbocycles. The highest BCUT2D eigenvalue weighted by atomic mass is 15.0. The summed E-state index contributed by atoms with van der Waals surface area (Å²) in [7, 11) is 4.20. The Hall–Kier alpha value is -1.80. The first-order valence-corrected chi connectivity index (χ1v) is 7.74. The van der Waals surface area contributed by atoms with Crippen molar-refractivity contribution < 1.29 is 0 Å². The highest BCUT2D eigenvalue weighted by molar-refractivity contribution is 5.47. The Bertz CT molecular complexity index is 534. The predicted octanol–water partition coefficient (Wildman–Crippen LogP) is 4.70. The summed E-state index contributed by atoms with van der Waals surface area (Å²) >= 11 is 0. The third-order valence-corrected chi connectivity index (χ3v) is 3.55. The molecule has 2 aromatic carbocycles. The van der Waals surface area contributed by atoms with E-state index in [1.165, 1.54) is 23.2 Å². The molecule has 0 saturated heterocycles. The van der Waals surface area contributed by atoms with E-state index < -0.39 is 0 Å². The SMILES string of the molecule is CCCC(Nc1cccc(CN(C)C)c1)c1ccccc1. The van der Waals surface area contributed by atoms with Crippen molar-refractivity contribution in [2.75, 3.05) is 19.4 Å². The lowest BCUT2D eigenvalue weighted by Crippen LogP contribution is -2.12. The van der Waals surface area contributed by atoms with E-state index in [1.807, 2.05) is 0 Å². The Morgan fingerprint density at radius 1 is 1.00 bits per heavy atom. The van der Waals surface area contributed by atoms with Gasteiger partial charge in [0, 0.05) is 12.2 Å². The van der Waals surface area contributed by atoms with Gasteiger partial charge in [-0.2, -0.15) is 0 Å². The van der Waals surface area contributed by atoms with Gasteiger partial charge in [0.1, 0.15) is 0 Å². The van der Waals surface area contributed by atoms with Crippen LogP contribution in [-0.2, 0) is 6.54 Å². The van der Waals surface area contributed by atoms with Gasteiger partial charge >= 0.3 is 0 Å². The molecule has 0 saturated carbocycles. The van der Waals surface area contributed by atoms with Crippen LogP contribution in [0.2, 0.25) is 0 Å². The Kier molecular flexibility index (Phi) is 5.82. The molecule has 21 heavy (non-hydrogen) atoms. The molecule has 1 N–H and O–H groups in total. The lowest BCUT2D eigenvalue weighted by atomic mass is 10.0. The summed E-state index contributed by atoms with van der Waals surface area (Å²) in [5, 5.41) is 3.69. The summed E-state index contributed by atoms with van der Waals surface area (Å²) in [6.45, 7) is 3.21. The standard InChI is InChI=1S/C19H26N2/c1-4-9-19(17-11-6-5-7-12-17)20-18-13-8-10-16(14-18)15-21(2)3/h5-8,10-14,19-20H,4,9,15H2,1-3H3. The summed E-state index contributed by atoms with van der Waals surface area (Å²) < 4.78 is 0. The Morgan fingerprint density at radius 2 is 1.76 bits per heavy atom. The van der Waals surface area contributed by atoms with Crippen LogP contribution in [0.3, 0.4) is 0 Å². The topological polar surface area (TPSA) is 15.3 Å². The van der Waals surface area contributed by atoms with Crippen LogP contribution in [0.5, 0.6) is 0 Å². The van der Waals surface area contributed by atoms with E-state index in [4.69, 9.17) is 0 Å². The van der Waals surface area contributed by atoms with E-state index in [-0.39, 0.29) is 0 Å². The van der Waals surface area contributed by atoms with Crippen LogP contribution in [0.4, 0.5) is 5.69 Å². The molecule has 112 valence electrons. The Labute approximate surface area is 128 Å². The highest BCUT2D eigenvalue weighted by Gasteiger charge is 2.10. The number of hydrogen-bond acceptors (Lipinski definition) is 2. The van der Waals surface area contributed by atoms with E-state index in [0.29, 0.717) is 6.04 Å². The summed E-state index contributed by atoms with van der Waals surface area (Å²) in [5.74, 6) is 0. The monoisotopic (exact) mass is 282 g/mol. The van der Waals surface area contributed by atoms with Gasteiger partial charge < -0.3 is 10.2 Å². The zero-order chi connectivity index (χ0) is 15.1. The van der Waals surface area contributed by atoms with E-state index in [1.54, 1.807) is 0 Å². The molecule has 0 aliphatic rings. The van der Waals surface area contributed by atoms with Crippen LogP contribution in [0.15, 0.2) is 54.6 Å². The molecular weight excluding hydrogens is 256 g/mol. The van der Waals surface area contributed by atoms with Crippen LogP contribution < -0.4 is 5.32 Å². The first kappa shape index (κ1) is 15.6. The van der Waals surface area contributed by atoms with Gasteiger partial charge in [0.15, 0.2) is 0 Å². The normalized spacial score (nSPS) is 12.4. The van der Waals surface area contributed by atoms with Crippen LogP contribution in [-0.4, -0.2) is 19.0 Å². The Morgan fingerprint density at radius 3 is 2.43 bits per heavy atom. The van der Waals surface area contributed by atoms with E-state index in [9.17, 15) is 0 Å². The van der Waals surface area contributed by atoms with Crippen LogP contribution in [0.1, 0.15) is 36.9 Å². The molecule has 0 radical (unpaired) electrons. The maximum absolute atomic E-state index is 3.69. The van der Waals surface area contributed by atoms with Gasteiger partial charge in [0.2, 0.25) is 0 Å². The van der Waals surface area contributed by atoms with Gasteiger partial charge in [-0.25, -0.2) is 0 Å². The van der Waals surface area contributed by atoms with Crippen molar-refractivity contribution >= 4 is 5.69 Å². The average molecular weight is 282 g/mol. The minimum atomic E-state index is 0.380. The lowest BCUT2D eigenvalue weighted by molar-refractivity contribution is 0.402. The van der Waals surface area contributed by atoms with Crippen molar-refractivity contribution in [1.29, 1.82) is 0 Å². The first-order chi connectivity index (χ1) is 10.2. The summed E-state index contributed by atoms with van der Waals surface area (Å²) in [6.07, 6.45) is 2.31. The molecule has 0 amide bonds. The molecular formula is C19H26N2. The zero-order valence-electron chi connectivity index (χ0n) is 13.3. The molecule has 0 fully saturated rings. The van der Waals surface area contributed by atoms with Crippen LogP contribution >= 0.6 is 0 Å². The number of nitrogens with zero attached hydrogens (tertiary/aromatic N) is 1. The fourth-order valence-corrected chi connectivity index (χ4v) is 2.62. The highest BCUT2D eigenvalue weighted by Crippen LogP contribution is 2.24. The maximum Gasteiger partial charge on any atom is 0.0513 e. The second kappa shape index (κ2) is 7.84. The lowest BCUT2D eigenvalue weighted by Gasteiger charge is -2.21. The van der Waals surface area contributed by atoms with Crippen molar-refractivity contribution in [2.45, 2.75) is 32.4 Å². The minimum absolute atomic E-state index is 0.380. The van der Waals surface area contributed by atoms with Crippen molar-refractivity contribution in [3.8, 4) is 0 Å². The number of anilines is 1. The van der Waals surface area contributed by atoms with Crippen molar-refractivity contribution in [2.24, 2.45) is 0 Å². The quantitative estimate of drug-likeness (QED) is 0.791. The molecule has 2 aromatic rings. The molecule has 0 spiro atoms. The second-order valence-corrected chi connectivity index (χ2v) is 5.83. The third-order valence-electron chi connectivity index (χ3n) is 3.55. The molecule has 0 heterocycles. The Balaban J connectivity index is 2.13. The van der Waals surface area contributed by atoms with Crippen molar-refractivity contribution in [3.63, 3.8) is 0 Å². The molecule has 0 bridgehead atoms. The second-order valence-electron chi connectivity index (χ2n) is 5.83. The number of hydrogen-bond donors (Lipinski definition) is 1. The fraction of sp³-hybridized carbons (Fsp3) is 0.368. The largest absolute Gasteiger partial charge is 0.378 e. The summed E-state index contributed by atoms with van der Waals surface area (Å²) in [5.41, 5.74) is 3.90. The molecule has 0 aliphatic heterocycles.